The highest BCUT2D eigenvalue weighted by molar-refractivity contribution is 7.96. The van der Waals surface area contributed by atoms with Crippen molar-refractivity contribution in [2.75, 3.05) is 13.7 Å². The lowest BCUT2D eigenvalue weighted by atomic mass is 10.0. The fourth-order valence-electron chi connectivity index (χ4n) is 2.81. The maximum atomic E-state index is 10.9. The number of carbonyl (C=O) groups excluding carboxylic acids is 2. The van der Waals surface area contributed by atoms with Crippen molar-refractivity contribution < 1.29 is 14.3 Å². The molecule has 0 N–H and O–H groups in total. The second-order valence-electron chi connectivity index (χ2n) is 8.46. The number of nitrogens with zero attached hydrogens (tertiary/aromatic N) is 1. The van der Waals surface area contributed by atoms with Gasteiger partial charge in [0.2, 0.25) is 0 Å². The summed E-state index contributed by atoms with van der Waals surface area (Å²) >= 11 is 3.33. The predicted octanol–water partition coefficient (Wildman–Crippen LogP) is 10.9. The van der Waals surface area contributed by atoms with Crippen molar-refractivity contribution in [3.05, 3.63) is 94.6 Å². The highest BCUT2D eigenvalue weighted by Crippen LogP contribution is 2.13. The molecular formula is C40H63NO3S. The summed E-state index contributed by atoms with van der Waals surface area (Å²) in [7, 11) is 1.39. The number of ether oxygens (including phenoxy) is 1. The molecule has 0 amide bonds. The summed E-state index contributed by atoms with van der Waals surface area (Å²) in [5, 5.41) is -0.139. The van der Waals surface area contributed by atoms with Gasteiger partial charge in [-0.2, -0.15) is 0 Å². The highest BCUT2D eigenvalue weighted by Gasteiger charge is 2.04. The van der Waals surface area contributed by atoms with Crippen molar-refractivity contribution in [3.63, 3.8) is 0 Å². The van der Waals surface area contributed by atoms with Gasteiger partial charge in [-0.15, -0.1) is 38.3 Å². The Kier molecular flexibility index (Phi) is 53.3. The summed E-state index contributed by atoms with van der Waals surface area (Å²) < 4.78 is 4.56. The molecule has 2 rings (SSSR count). The summed E-state index contributed by atoms with van der Waals surface area (Å²) in [6, 6.07) is 8.61. The molecule has 0 radical (unpaired) electrons. The van der Waals surface area contributed by atoms with E-state index in [0.29, 0.717) is 12.0 Å². The SMILES string of the molecule is C#C.C#C.C/C=C1/C=CC(C)=CC1=NCC.C/C=C\C=C(/CC)C(=O)OC.CC.CC(=O)S.CCC.CCc1cccc(C)c1. The fraction of sp³-hybridized carbons (Fsp3) is 0.425. The number of hydrogen-bond acceptors (Lipinski definition) is 4. The first kappa shape index (κ1) is 53.7. The van der Waals surface area contributed by atoms with Crippen molar-refractivity contribution in [3.8, 4) is 25.7 Å². The molecule has 0 aromatic heterocycles. The molecule has 1 aliphatic carbocycles. The van der Waals surface area contributed by atoms with Crippen LogP contribution in [0.15, 0.2) is 88.5 Å². The van der Waals surface area contributed by atoms with E-state index in [-0.39, 0.29) is 11.1 Å². The zero-order valence-electron chi connectivity index (χ0n) is 30.6. The average Bonchev–Trinajstić information content (AvgIpc) is 3.05. The average molecular weight is 638 g/mol. The van der Waals surface area contributed by atoms with Crippen molar-refractivity contribution in [2.24, 2.45) is 4.99 Å². The molecule has 0 aliphatic heterocycles. The van der Waals surface area contributed by atoms with Crippen LogP contribution in [0.25, 0.3) is 0 Å². The summed E-state index contributed by atoms with van der Waals surface area (Å²) in [6.45, 7) is 24.8. The molecule has 0 unspecified atom stereocenters. The highest BCUT2D eigenvalue weighted by atomic mass is 32.1. The minimum Gasteiger partial charge on any atom is -0.466 e. The van der Waals surface area contributed by atoms with E-state index in [9.17, 15) is 9.59 Å². The zero-order valence-corrected chi connectivity index (χ0v) is 31.5. The first-order valence-corrected chi connectivity index (χ1v) is 15.8. The molecule has 0 atom stereocenters. The predicted molar refractivity (Wildman–Crippen MR) is 207 cm³/mol. The van der Waals surface area contributed by atoms with Crippen LogP contribution in [0.5, 0.6) is 0 Å². The Hall–Kier alpha value is -3.80. The number of carbonyl (C=O) groups is 2. The zero-order chi connectivity index (χ0) is 36.6. The van der Waals surface area contributed by atoms with Gasteiger partial charge in [0.05, 0.1) is 12.8 Å². The fourth-order valence-corrected chi connectivity index (χ4v) is 2.81. The number of rotatable bonds is 5. The molecule has 252 valence electrons. The quantitative estimate of drug-likeness (QED) is 0.115. The Morgan fingerprint density at radius 1 is 0.956 bits per heavy atom. The first-order chi connectivity index (χ1) is 21.5. The lowest BCUT2D eigenvalue weighted by Gasteiger charge is -2.08. The van der Waals surface area contributed by atoms with Crippen LogP contribution in [0, 0.1) is 32.6 Å². The third kappa shape index (κ3) is 40.2. The van der Waals surface area contributed by atoms with Crippen molar-refractivity contribution in [1.29, 1.82) is 0 Å². The second-order valence-corrected chi connectivity index (χ2v) is 9.09. The van der Waals surface area contributed by atoms with E-state index in [1.54, 1.807) is 6.08 Å². The smallest absolute Gasteiger partial charge is 0.333 e. The summed E-state index contributed by atoms with van der Waals surface area (Å²) in [4.78, 5) is 24.6. The third-order valence-electron chi connectivity index (χ3n) is 4.63. The monoisotopic (exact) mass is 637 g/mol. The largest absolute Gasteiger partial charge is 0.466 e. The van der Waals surface area contributed by atoms with E-state index in [1.807, 2.05) is 46.8 Å². The molecule has 5 heteroatoms. The van der Waals surface area contributed by atoms with Gasteiger partial charge in [-0.25, -0.2) is 4.79 Å². The minimum atomic E-state index is -0.245. The molecule has 45 heavy (non-hydrogen) atoms. The lowest BCUT2D eigenvalue weighted by molar-refractivity contribution is -0.136. The number of esters is 1. The number of allylic oxidation sites excluding steroid dienone is 9. The van der Waals surface area contributed by atoms with Gasteiger partial charge >= 0.3 is 5.97 Å². The molecule has 0 heterocycles. The van der Waals surface area contributed by atoms with E-state index < -0.39 is 0 Å². The standard InChI is InChI=1S/C11H15N.C9H14O2.C9H12.C3H8.C2H4OS.C2H6.2C2H2/c1-4-10-7-6-9(3)8-11(10)12-5-2;1-4-6-7-8(5-2)9(10)11-3;1-3-9-6-4-5-8(2)7-9;1-3-2;1-2(3)4;3*1-2/h4,6-8H,5H2,1-3H3;4,6-7H,5H2,1-3H3;4-7H,3H2,1-2H3;3H2,1-2H3;1H3,(H,3,4);1-2H3;2*1-2H/b10-4-,12-11?;6-4-,8-7+;;;;;;. The van der Waals surface area contributed by atoms with Gasteiger partial charge in [0.25, 0.3) is 0 Å². The second kappa shape index (κ2) is 44.6. The van der Waals surface area contributed by atoms with Crippen molar-refractivity contribution in [2.45, 2.75) is 102 Å². The summed E-state index contributed by atoms with van der Waals surface area (Å²) in [6.07, 6.45) is 33.0. The van der Waals surface area contributed by atoms with Crippen LogP contribution in [0.1, 0.15) is 100 Å². The number of methoxy groups -OCH3 is 1. The lowest BCUT2D eigenvalue weighted by Crippen LogP contribution is -2.03. The van der Waals surface area contributed by atoms with Crippen LogP contribution in [0.2, 0.25) is 0 Å². The molecular weight excluding hydrogens is 575 g/mol. The number of aryl methyl sites for hydroxylation is 2. The number of hydrogen-bond donors (Lipinski definition) is 1. The Morgan fingerprint density at radius 3 is 1.80 bits per heavy atom. The molecule has 0 spiro atoms. The minimum absolute atomic E-state index is 0.139. The van der Waals surface area contributed by atoms with Gasteiger partial charge in [-0.3, -0.25) is 9.79 Å². The van der Waals surface area contributed by atoms with Crippen molar-refractivity contribution >= 4 is 29.4 Å². The van der Waals surface area contributed by atoms with Crippen LogP contribution in [-0.4, -0.2) is 30.5 Å². The topological polar surface area (TPSA) is 55.7 Å². The number of thiol groups is 1. The molecule has 0 saturated carbocycles. The third-order valence-corrected chi connectivity index (χ3v) is 4.63. The molecule has 1 aliphatic rings. The Labute approximate surface area is 284 Å². The van der Waals surface area contributed by atoms with E-state index in [0.717, 1.165) is 18.7 Å². The van der Waals surface area contributed by atoms with Gasteiger partial charge in [0.1, 0.15) is 0 Å². The molecule has 4 nitrogen and oxygen atoms in total. The Balaban J connectivity index is -0.000000107. The van der Waals surface area contributed by atoms with Gasteiger partial charge in [0, 0.05) is 19.0 Å². The van der Waals surface area contributed by atoms with E-state index >= 15 is 0 Å². The van der Waals surface area contributed by atoms with Crippen LogP contribution < -0.4 is 0 Å². The van der Waals surface area contributed by atoms with Crippen LogP contribution in [0.4, 0.5) is 0 Å². The van der Waals surface area contributed by atoms with Gasteiger partial charge < -0.3 is 4.74 Å². The molecule has 0 saturated heterocycles. The molecule has 1 aromatic carbocycles. The maximum absolute atomic E-state index is 10.9. The van der Waals surface area contributed by atoms with Gasteiger partial charge in [-0.1, -0.05) is 114 Å². The molecule has 0 fully saturated rings. The number of benzene rings is 1. The summed E-state index contributed by atoms with van der Waals surface area (Å²) in [5.74, 6) is -0.245. The number of aliphatic imine (C=N–C) groups is 1. The van der Waals surface area contributed by atoms with E-state index in [4.69, 9.17) is 0 Å². The van der Waals surface area contributed by atoms with E-state index in [2.05, 4.69) is 138 Å². The van der Waals surface area contributed by atoms with E-state index in [1.165, 1.54) is 42.7 Å². The number of terminal acetylenes is 2. The normalized spacial score (nSPS) is 12.3. The maximum Gasteiger partial charge on any atom is 0.333 e. The van der Waals surface area contributed by atoms with Crippen LogP contribution in [0.3, 0.4) is 0 Å². The van der Waals surface area contributed by atoms with Crippen LogP contribution >= 0.6 is 12.6 Å². The Morgan fingerprint density at radius 2 is 1.47 bits per heavy atom. The Bertz CT molecular complexity index is 1070. The van der Waals surface area contributed by atoms with Gasteiger partial charge in [0.15, 0.2) is 5.12 Å². The summed E-state index contributed by atoms with van der Waals surface area (Å²) in [5.41, 5.74) is 7.09. The van der Waals surface area contributed by atoms with Gasteiger partial charge in [-0.05, 0) is 70.2 Å². The molecule has 1 aromatic rings. The first-order valence-electron chi connectivity index (χ1n) is 15.4. The van der Waals surface area contributed by atoms with Crippen molar-refractivity contribution in [1.82, 2.24) is 0 Å². The molecule has 0 bridgehead atoms. The van der Waals surface area contributed by atoms with Crippen LogP contribution in [-0.2, 0) is 20.7 Å².